The van der Waals surface area contributed by atoms with Gasteiger partial charge in [0.1, 0.15) is 5.52 Å². The van der Waals surface area contributed by atoms with Crippen molar-refractivity contribution in [2.75, 3.05) is 24.6 Å². The standard InChI is InChI=1S/C15H16N3O3/c16-13(19)10-3-1-4-11-12(10)17-14(21-11)18-7-2-5-15(9-18)6-8-20-15/h1,4H,2,5-9H2,(H2,16,19). The molecule has 4 rings (SSSR count). The summed E-state index contributed by atoms with van der Waals surface area (Å²) in [4.78, 5) is 18.0. The third-order valence-corrected chi connectivity index (χ3v) is 4.36. The largest absolute Gasteiger partial charge is 0.423 e. The first-order chi connectivity index (χ1) is 10.2. The molecule has 2 N–H and O–H groups in total. The summed E-state index contributed by atoms with van der Waals surface area (Å²) in [6, 6.07) is 6.73. The van der Waals surface area contributed by atoms with Gasteiger partial charge in [-0.2, -0.15) is 4.98 Å². The molecule has 0 saturated carbocycles. The number of oxazole rings is 1. The van der Waals surface area contributed by atoms with Crippen molar-refractivity contribution in [3.8, 4) is 0 Å². The number of fused-ring (bicyclic) bond motifs is 1. The maximum absolute atomic E-state index is 11.4. The average Bonchev–Trinajstić information content (AvgIpc) is 2.89. The van der Waals surface area contributed by atoms with Crippen LogP contribution in [0, 0.1) is 6.07 Å². The van der Waals surface area contributed by atoms with Crippen LogP contribution < -0.4 is 10.6 Å². The molecular weight excluding hydrogens is 270 g/mol. The Morgan fingerprint density at radius 1 is 1.48 bits per heavy atom. The van der Waals surface area contributed by atoms with Gasteiger partial charge in [-0.05, 0) is 31.0 Å². The minimum absolute atomic E-state index is 0.0302. The van der Waals surface area contributed by atoms with E-state index in [1.165, 1.54) is 0 Å². The van der Waals surface area contributed by atoms with Gasteiger partial charge < -0.3 is 19.8 Å². The summed E-state index contributed by atoms with van der Waals surface area (Å²) in [5, 5.41) is 0. The normalized spacial score (nSPS) is 25.2. The Kier molecular flexibility index (Phi) is 2.68. The second kappa shape index (κ2) is 4.46. The Morgan fingerprint density at radius 2 is 2.33 bits per heavy atom. The number of hydrogen-bond donors (Lipinski definition) is 1. The van der Waals surface area contributed by atoms with Crippen molar-refractivity contribution >= 4 is 23.0 Å². The van der Waals surface area contributed by atoms with Crippen molar-refractivity contribution in [3.63, 3.8) is 0 Å². The van der Waals surface area contributed by atoms with E-state index >= 15 is 0 Å². The van der Waals surface area contributed by atoms with Crippen LogP contribution in [0.15, 0.2) is 16.5 Å². The quantitative estimate of drug-likeness (QED) is 0.904. The summed E-state index contributed by atoms with van der Waals surface area (Å²) in [5.74, 6) is -0.544. The van der Waals surface area contributed by atoms with E-state index in [1.807, 2.05) is 0 Å². The average molecular weight is 286 g/mol. The molecule has 2 fully saturated rings. The highest BCUT2D eigenvalue weighted by Gasteiger charge is 2.43. The Morgan fingerprint density at radius 3 is 3.05 bits per heavy atom. The molecule has 1 radical (unpaired) electrons. The van der Waals surface area contributed by atoms with Crippen LogP contribution >= 0.6 is 0 Å². The summed E-state index contributed by atoms with van der Waals surface area (Å²) >= 11 is 0. The minimum Gasteiger partial charge on any atom is -0.423 e. The van der Waals surface area contributed by atoms with Crippen LogP contribution in [0.1, 0.15) is 29.6 Å². The summed E-state index contributed by atoms with van der Waals surface area (Å²) in [5.41, 5.74) is 6.64. The zero-order valence-corrected chi connectivity index (χ0v) is 11.6. The van der Waals surface area contributed by atoms with Crippen molar-refractivity contribution in [1.29, 1.82) is 0 Å². The molecule has 1 atom stereocenters. The number of ether oxygens (including phenoxy) is 1. The zero-order valence-electron chi connectivity index (χ0n) is 11.6. The molecule has 2 saturated heterocycles. The molecule has 2 aliphatic rings. The molecule has 1 spiro atoms. The number of anilines is 1. The number of rotatable bonds is 2. The molecule has 1 amide bonds. The van der Waals surface area contributed by atoms with Gasteiger partial charge in [-0.25, -0.2) is 0 Å². The minimum atomic E-state index is -0.544. The first kappa shape index (κ1) is 12.6. The van der Waals surface area contributed by atoms with Gasteiger partial charge in [-0.15, -0.1) is 0 Å². The monoisotopic (exact) mass is 286 g/mol. The van der Waals surface area contributed by atoms with Gasteiger partial charge in [0.15, 0.2) is 5.58 Å². The molecule has 21 heavy (non-hydrogen) atoms. The van der Waals surface area contributed by atoms with Crippen LogP contribution in [0.3, 0.4) is 0 Å². The SMILES string of the molecule is NC(=O)c1[c]ccc2oc(N3CCCC4(CCO4)C3)nc12. The number of primary amides is 1. The van der Waals surface area contributed by atoms with Crippen LogP contribution in [0.4, 0.5) is 6.01 Å². The number of benzene rings is 1. The number of amides is 1. The fraction of sp³-hybridized carbons (Fsp3) is 0.467. The topological polar surface area (TPSA) is 81.6 Å². The van der Waals surface area contributed by atoms with Gasteiger partial charge in [0.05, 0.1) is 24.3 Å². The van der Waals surface area contributed by atoms with Gasteiger partial charge in [-0.1, -0.05) is 0 Å². The second-order valence-electron chi connectivity index (χ2n) is 5.73. The fourth-order valence-corrected chi connectivity index (χ4v) is 3.18. The van der Waals surface area contributed by atoms with Gasteiger partial charge >= 0.3 is 0 Å². The molecule has 6 heteroatoms. The van der Waals surface area contributed by atoms with Crippen molar-refractivity contribution in [1.82, 2.24) is 4.98 Å². The molecular formula is C15H16N3O3. The lowest BCUT2D eigenvalue weighted by Gasteiger charge is -2.48. The summed E-state index contributed by atoms with van der Waals surface area (Å²) in [7, 11) is 0. The molecule has 1 aromatic carbocycles. The second-order valence-corrected chi connectivity index (χ2v) is 5.73. The van der Waals surface area contributed by atoms with Crippen LogP contribution in [0.25, 0.3) is 11.1 Å². The summed E-state index contributed by atoms with van der Waals surface area (Å²) < 4.78 is 11.5. The molecule has 1 aromatic heterocycles. The van der Waals surface area contributed by atoms with E-state index in [9.17, 15) is 4.79 Å². The number of nitrogens with two attached hydrogens (primary N) is 1. The Bertz CT molecular complexity index is 705. The maximum atomic E-state index is 11.4. The molecule has 109 valence electrons. The lowest BCUT2D eigenvalue weighted by atomic mass is 9.86. The molecule has 1 unspecified atom stereocenters. The predicted octanol–water partition coefficient (Wildman–Crippen LogP) is 1.49. The Labute approximate surface area is 121 Å². The van der Waals surface area contributed by atoms with Crippen LogP contribution in [0.5, 0.6) is 0 Å². The smallest absolute Gasteiger partial charge is 0.298 e. The first-order valence-electron chi connectivity index (χ1n) is 7.17. The van der Waals surface area contributed by atoms with E-state index in [-0.39, 0.29) is 11.2 Å². The van der Waals surface area contributed by atoms with Crippen LogP contribution in [0.2, 0.25) is 0 Å². The summed E-state index contributed by atoms with van der Waals surface area (Å²) in [6.07, 6.45) is 3.22. The maximum Gasteiger partial charge on any atom is 0.298 e. The lowest BCUT2D eigenvalue weighted by Crippen LogP contribution is -2.56. The predicted molar refractivity (Wildman–Crippen MR) is 76.1 cm³/mol. The third-order valence-electron chi connectivity index (χ3n) is 4.36. The number of piperidine rings is 1. The highest BCUT2D eigenvalue weighted by atomic mass is 16.5. The van der Waals surface area contributed by atoms with Crippen molar-refractivity contribution in [2.24, 2.45) is 5.73 Å². The van der Waals surface area contributed by atoms with E-state index in [0.717, 1.165) is 39.0 Å². The van der Waals surface area contributed by atoms with E-state index in [2.05, 4.69) is 16.0 Å². The van der Waals surface area contributed by atoms with Gasteiger partial charge in [0.25, 0.3) is 11.9 Å². The molecule has 3 heterocycles. The van der Waals surface area contributed by atoms with E-state index in [1.54, 1.807) is 12.1 Å². The Hall–Kier alpha value is -2.08. The molecule has 2 aromatic rings. The van der Waals surface area contributed by atoms with E-state index in [4.69, 9.17) is 14.9 Å². The van der Waals surface area contributed by atoms with Crippen LogP contribution in [-0.4, -0.2) is 36.2 Å². The number of hydrogen-bond acceptors (Lipinski definition) is 5. The lowest BCUT2D eigenvalue weighted by molar-refractivity contribution is -0.151. The highest BCUT2D eigenvalue weighted by molar-refractivity contribution is 6.03. The molecule has 6 nitrogen and oxygen atoms in total. The molecule has 0 bridgehead atoms. The highest BCUT2D eigenvalue weighted by Crippen LogP contribution is 2.37. The van der Waals surface area contributed by atoms with Crippen molar-refractivity contribution < 1.29 is 13.9 Å². The van der Waals surface area contributed by atoms with Gasteiger partial charge in [-0.3, -0.25) is 4.79 Å². The van der Waals surface area contributed by atoms with Crippen molar-refractivity contribution in [3.05, 3.63) is 23.8 Å². The summed E-state index contributed by atoms with van der Waals surface area (Å²) in [6.45, 7) is 2.51. The van der Waals surface area contributed by atoms with E-state index in [0.29, 0.717) is 17.1 Å². The van der Waals surface area contributed by atoms with Gasteiger partial charge in [0, 0.05) is 13.0 Å². The number of carbonyl (C=O) groups excluding carboxylic acids is 1. The van der Waals surface area contributed by atoms with Crippen molar-refractivity contribution in [2.45, 2.75) is 24.9 Å². The van der Waals surface area contributed by atoms with Gasteiger partial charge in [0.2, 0.25) is 0 Å². The third kappa shape index (κ3) is 1.98. The molecule has 0 aliphatic carbocycles. The van der Waals surface area contributed by atoms with E-state index < -0.39 is 5.91 Å². The zero-order chi connectivity index (χ0) is 14.4. The van der Waals surface area contributed by atoms with Crippen LogP contribution in [-0.2, 0) is 4.74 Å². The fourth-order valence-electron chi connectivity index (χ4n) is 3.18. The Balaban J connectivity index is 1.70. The number of aromatic nitrogens is 1. The number of carbonyl (C=O) groups is 1. The first-order valence-corrected chi connectivity index (χ1v) is 7.17. The molecule has 2 aliphatic heterocycles. The number of nitrogens with zero attached hydrogens (tertiary/aromatic N) is 2.